The molecule has 0 radical (unpaired) electrons. The minimum absolute atomic E-state index is 0.239. The number of rotatable bonds is 8. The van der Waals surface area contributed by atoms with Gasteiger partial charge < -0.3 is 20.1 Å². The van der Waals surface area contributed by atoms with E-state index in [1.807, 2.05) is 12.1 Å². The van der Waals surface area contributed by atoms with Gasteiger partial charge in [0, 0.05) is 35.1 Å². The van der Waals surface area contributed by atoms with Crippen LogP contribution in [0.2, 0.25) is 0 Å². The predicted molar refractivity (Wildman–Crippen MR) is 128 cm³/mol. The maximum atomic E-state index is 13.5. The number of ether oxygens (including phenoxy) is 2. The second-order valence-electron chi connectivity index (χ2n) is 7.34. The molecule has 0 unspecified atom stereocenters. The number of halogens is 1. The molecule has 0 saturated carbocycles. The number of benzene rings is 3. The smallest absolute Gasteiger partial charge is 0.251 e. The zero-order chi connectivity index (χ0) is 23.9. The second kappa shape index (κ2) is 10.4. The number of carbonyl (C=O) groups excluding carboxylic acids is 1. The Hall–Kier alpha value is -4.46. The van der Waals surface area contributed by atoms with E-state index in [2.05, 4.69) is 20.6 Å². The van der Waals surface area contributed by atoms with Crippen molar-refractivity contribution in [1.29, 1.82) is 0 Å². The molecule has 0 saturated heterocycles. The summed E-state index contributed by atoms with van der Waals surface area (Å²) in [6, 6.07) is 20.3. The molecule has 0 bridgehead atoms. The normalized spacial score (nSPS) is 10.4. The summed E-state index contributed by atoms with van der Waals surface area (Å²) in [7, 11) is 3.16. The summed E-state index contributed by atoms with van der Waals surface area (Å²) in [5.74, 6) is 1.66. The van der Waals surface area contributed by atoms with Crippen LogP contribution >= 0.6 is 0 Å². The first kappa shape index (κ1) is 22.7. The number of anilines is 2. The first-order chi connectivity index (χ1) is 16.6. The van der Waals surface area contributed by atoms with Gasteiger partial charge in [0.25, 0.3) is 5.91 Å². The number of methoxy groups -OCH3 is 2. The lowest BCUT2D eigenvalue weighted by Crippen LogP contribution is -2.23. The molecule has 1 aromatic heterocycles. The molecule has 1 amide bonds. The quantitative estimate of drug-likeness (QED) is 0.388. The molecule has 0 aliphatic rings. The zero-order valence-electron chi connectivity index (χ0n) is 18.7. The average molecular weight is 458 g/mol. The van der Waals surface area contributed by atoms with Crippen molar-refractivity contribution in [2.24, 2.45) is 0 Å². The molecule has 8 heteroatoms. The molecule has 0 atom stereocenters. The zero-order valence-corrected chi connectivity index (χ0v) is 18.7. The number of amides is 1. The van der Waals surface area contributed by atoms with Gasteiger partial charge in [0.15, 0.2) is 5.82 Å². The topological polar surface area (TPSA) is 85.4 Å². The Morgan fingerprint density at radius 2 is 1.82 bits per heavy atom. The van der Waals surface area contributed by atoms with Gasteiger partial charge in [-0.25, -0.2) is 14.4 Å². The third-order valence-electron chi connectivity index (χ3n) is 5.06. The van der Waals surface area contributed by atoms with Crippen LogP contribution in [0.15, 0.2) is 79.0 Å². The molecular formula is C26H23FN4O3. The number of hydrogen-bond acceptors (Lipinski definition) is 6. The lowest BCUT2D eigenvalue weighted by Gasteiger charge is -2.12. The van der Waals surface area contributed by atoms with Crippen molar-refractivity contribution in [3.8, 4) is 22.9 Å². The van der Waals surface area contributed by atoms with Crippen molar-refractivity contribution < 1.29 is 18.7 Å². The Morgan fingerprint density at radius 3 is 2.62 bits per heavy atom. The standard InChI is InChI=1S/C26H23FN4O3/c1-33-22-9-10-23(34-2)19(15-22)16-29-26(32)18-6-4-8-21(14-18)30-24-11-12-28-25(31-24)17-5-3-7-20(27)13-17/h3-15H,16H2,1-2H3,(H,29,32)(H,28,30,31). The van der Waals surface area contributed by atoms with E-state index in [9.17, 15) is 9.18 Å². The third kappa shape index (κ3) is 5.47. The van der Waals surface area contributed by atoms with Crippen LogP contribution in [0.1, 0.15) is 15.9 Å². The van der Waals surface area contributed by atoms with Crippen molar-refractivity contribution in [2.45, 2.75) is 6.54 Å². The van der Waals surface area contributed by atoms with Crippen molar-refractivity contribution in [1.82, 2.24) is 15.3 Å². The summed E-state index contributed by atoms with van der Waals surface area (Å²) >= 11 is 0. The Bertz CT molecular complexity index is 1310. The van der Waals surface area contributed by atoms with Gasteiger partial charge in [-0.3, -0.25) is 4.79 Å². The van der Waals surface area contributed by atoms with E-state index < -0.39 is 0 Å². The monoisotopic (exact) mass is 458 g/mol. The van der Waals surface area contributed by atoms with Crippen LogP contribution in [0.4, 0.5) is 15.9 Å². The van der Waals surface area contributed by atoms with Crippen LogP contribution < -0.4 is 20.1 Å². The molecule has 3 aromatic carbocycles. The van der Waals surface area contributed by atoms with Crippen LogP contribution in [-0.4, -0.2) is 30.1 Å². The van der Waals surface area contributed by atoms with Crippen molar-refractivity contribution in [2.75, 3.05) is 19.5 Å². The van der Waals surface area contributed by atoms with Gasteiger partial charge in [-0.2, -0.15) is 0 Å². The second-order valence-corrected chi connectivity index (χ2v) is 7.34. The molecule has 2 N–H and O–H groups in total. The maximum Gasteiger partial charge on any atom is 0.251 e. The van der Waals surface area contributed by atoms with Crippen molar-refractivity contribution in [3.05, 3.63) is 95.9 Å². The van der Waals surface area contributed by atoms with E-state index in [0.717, 1.165) is 5.56 Å². The van der Waals surface area contributed by atoms with Crippen LogP contribution in [0.3, 0.4) is 0 Å². The van der Waals surface area contributed by atoms with E-state index >= 15 is 0 Å². The van der Waals surface area contributed by atoms with E-state index in [-0.39, 0.29) is 18.3 Å². The minimum atomic E-state index is -0.357. The molecule has 0 spiro atoms. The molecule has 1 heterocycles. The summed E-state index contributed by atoms with van der Waals surface area (Å²) in [6.45, 7) is 0.278. The maximum absolute atomic E-state index is 13.5. The van der Waals surface area contributed by atoms with E-state index in [0.29, 0.717) is 40.0 Å². The Balaban J connectivity index is 1.46. The first-order valence-corrected chi connectivity index (χ1v) is 10.5. The van der Waals surface area contributed by atoms with E-state index in [1.54, 1.807) is 68.9 Å². The Morgan fingerprint density at radius 1 is 0.971 bits per heavy atom. The SMILES string of the molecule is COc1ccc(OC)c(CNC(=O)c2cccc(Nc3ccnc(-c4cccc(F)c4)n3)c2)c1. The molecule has 4 rings (SSSR count). The summed E-state index contributed by atoms with van der Waals surface area (Å²) < 4.78 is 24.2. The Kier molecular flexibility index (Phi) is 6.98. The highest BCUT2D eigenvalue weighted by atomic mass is 19.1. The van der Waals surface area contributed by atoms with E-state index in [1.165, 1.54) is 12.1 Å². The highest BCUT2D eigenvalue weighted by molar-refractivity contribution is 5.95. The fourth-order valence-electron chi connectivity index (χ4n) is 3.38. The van der Waals surface area contributed by atoms with Gasteiger partial charge in [-0.1, -0.05) is 18.2 Å². The van der Waals surface area contributed by atoms with Gasteiger partial charge >= 0.3 is 0 Å². The molecule has 172 valence electrons. The van der Waals surface area contributed by atoms with Crippen LogP contribution in [-0.2, 0) is 6.54 Å². The number of nitrogens with zero attached hydrogens (tertiary/aromatic N) is 2. The van der Waals surface area contributed by atoms with Crippen LogP contribution in [0.5, 0.6) is 11.5 Å². The van der Waals surface area contributed by atoms with Gasteiger partial charge in [-0.15, -0.1) is 0 Å². The first-order valence-electron chi connectivity index (χ1n) is 10.5. The third-order valence-corrected chi connectivity index (χ3v) is 5.06. The molecular weight excluding hydrogens is 435 g/mol. The lowest BCUT2D eigenvalue weighted by molar-refractivity contribution is 0.0950. The van der Waals surface area contributed by atoms with Gasteiger partial charge in [0.05, 0.1) is 14.2 Å². The highest BCUT2D eigenvalue weighted by Gasteiger charge is 2.11. The number of aromatic nitrogens is 2. The Labute approximate surface area is 196 Å². The van der Waals surface area contributed by atoms with Gasteiger partial charge in [-0.05, 0) is 54.6 Å². The lowest BCUT2D eigenvalue weighted by atomic mass is 10.1. The van der Waals surface area contributed by atoms with Crippen molar-refractivity contribution >= 4 is 17.4 Å². The van der Waals surface area contributed by atoms with Gasteiger partial charge in [0.1, 0.15) is 23.1 Å². The predicted octanol–water partition coefficient (Wildman–Crippen LogP) is 4.97. The van der Waals surface area contributed by atoms with Gasteiger partial charge in [0.2, 0.25) is 0 Å². The highest BCUT2D eigenvalue weighted by Crippen LogP contribution is 2.24. The molecule has 0 aliphatic carbocycles. The van der Waals surface area contributed by atoms with E-state index in [4.69, 9.17) is 9.47 Å². The summed E-state index contributed by atoms with van der Waals surface area (Å²) in [5, 5.41) is 6.07. The van der Waals surface area contributed by atoms with Crippen LogP contribution in [0, 0.1) is 5.82 Å². The van der Waals surface area contributed by atoms with Crippen molar-refractivity contribution in [3.63, 3.8) is 0 Å². The average Bonchev–Trinajstić information content (AvgIpc) is 2.87. The van der Waals surface area contributed by atoms with Crippen LogP contribution in [0.25, 0.3) is 11.4 Å². The largest absolute Gasteiger partial charge is 0.497 e. The molecule has 0 fully saturated rings. The molecule has 4 aromatic rings. The minimum Gasteiger partial charge on any atom is -0.497 e. The summed E-state index contributed by atoms with van der Waals surface area (Å²) in [5.41, 5.74) is 2.53. The fourth-order valence-corrected chi connectivity index (χ4v) is 3.38. The molecule has 7 nitrogen and oxygen atoms in total. The number of carbonyl (C=O) groups is 1. The summed E-state index contributed by atoms with van der Waals surface area (Å²) in [4.78, 5) is 21.4. The summed E-state index contributed by atoms with van der Waals surface area (Å²) in [6.07, 6.45) is 1.59. The fraction of sp³-hybridized carbons (Fsp3) is 0.115. The number of nitrogens with one attached hydrogen (secondary N) is 2. The molecule has 0 aliphatic heterocycles. The molecule has 34 heavy (non-hydrogen) atoms. The number of hydrogen-bond donors (Lipinski definition) is 2.